The Labute approximate surface area is 95.4 Å². The molecule has 0 spiro atoms. The Kier molecular flexibility index (Phi) is 4.29. The highest BCUT2D eigenvalue weighted by molar-refractivity contribution is 6.35. The molecular formula is C11H17N3O2. The number of nitrogens with one attached hydrogen (secondary N) is 1. The first kappa shape index (κ1) is 12.5. The zero-order valence-electron chi connectivity index (χ0n) is 9.69. The molecule has 0 radical (unpaired) electrons. The minimum absolute atomic E-state index is 0.120. The van der Waals surface area contributed by atoms with E-state index in [9.17, 15) is 9.59 Å². The quantitative estimate of drug-likeness (QED) is 0.549. The maximum Gasteiger partial charge on any atom is 0.312 e. The van der Waals surface area contributed by atoms with Crippen molar-refractivity contribution >= 4 is 11.8 Å². The van der Waals surface area contributed by atoms with Gasteiger partial charge in [0.1, 0.15) is 6.54 Å². The second-order valence-corrected chi connectivity index (χ2v) is 4.42. The number of rotatable bonds is 4. The van der Waals surface area contributed by atoms with E-state index in [-0.39, 0.29) is 12.6 Å². The van der Waals surface area contributed by atoms with Crippen molar-refractivity contribution in [3.05, 3.63) is 0 Å². The fourth-order valence-corrected chi connectivity index (χ4v) is 1.50. The molecule has 0 bridgehead atoms. The first-order chi connectivity index (χ1) is 7.56. The molecule has 5 heteroatoms. The van der Waals surface area contributed by atoms with E-state index in [1.165, 1.54) is 0 Å². The van der Waals surface area contributed by atoms with Crippen LogP contribution in [0.4, 0.5) is 0 Å². The van der Waals surface area contributed by atoms with E-state index in [1.807, 2.05) is 13.8 Å². The van der Waals surface area contributed by atoms with E-state index in [1.54, 1.807) is 11.0 Å². The summed E-state index contributed by atoms with van der Waals surface area (Å²) < 4.78 is 0. The number of carbonyl (C=O) groups excluding carboxylic acids is 2. The van der Waals surface area contributed by atoms with Crippen molar-refractivity contribution in [2.24, 2.45) is 5.92 Å². The maximum absolute atomic E-state index is 11.8. The number of nitriles is 1. The summed E-state index contributed by atoms with van der Waals surface area (Å²) in [5.74, 6) is -0.839. The lowest BCUT2D eigenvalue weighted by Gasteiger charge is -2.23. The van der Waals surface area contributed by atoms with Gasteiger partial charge in [-0.2, -0.15) is 5.26 Å². The van der Waals surface area contributed by atoms with Crippen molar-refractivity contribution in [2.45, 2.75) is 32.7 Å². The smallest absolute Gasteiger partial charge is 0.312 e. The molecule has 88 valence electrons. The standard InChI is InChI=1S/C11H17N3O2/c1-8(2)7-14(9-3-4-9)11(16)10(15)13-6-5-12/h8-9H,3-4,6-7H2,1-2H3,(H,13,15). The minimum Gasteiger partial charge on any atom is -0.335 e. The summed E-state index contributed by atoms with van der Waals surface area (Å²) in [5, 5.41) is 10.6. The second-order valence-electron chi connectivity index (χ2n) is 4.42. The number of nitrogens with zero attached hydrogens (tertiary/aromatic N) is 2. The Balaban J connectivity index is 2.53. The van der Waals surface area contributed by atoms with E-state index < -0.39 is 11.8 Å². The lowest BCUT2D eigenvalue weighted by molar-refractivity contribution is -0.146. The van der Waals surface area contributed by atoms with Crippen molar-refractivity contribution in [3.63, 3.8) is 0 Å². The lowest BCUT2D eigenvalue weighted by Crippen LogP contribution is -2.45. The van der Waals surface area contributed by atoms with Gasteiger partial charge in [0.25, 0.3) is 0 Å². The molecule has 1 aliphatic carbocycles. The first-order valence-electron chi connectivity index (χ1n) is 5.52. The molecule has 16 heavy (non-hydrogen) atoms. The fourth-order valence-electron chi connectivity index (χ4n) is 1.50. The fraction of sp³-hybridized carbons (Fsp3) is 0.727. The van der Waals surface area contributed by atoms with Crippen LogP contribution in [0.25, 0.3) is 0 Å². The van der Waals surface area contributed by atoms with Gasteiger partial charge in [-0.3, -0.25) is 9.59 Å². The highest BCUT2D eigenvalue weighted by Gasteiger charge is 2.35. The molecule has 1 fully saturated rings. The molecule has 1 N–H and O–H groups in total. The van der Waals surface area contributed by atoms with Crippen molar-refractivity contribution in [1.82, 2.24) is 10.2 Å². The molecule has 0 atom stereocenters. The van der Waals surface area contributed by atoms with Gasteiger partial charge in [0.2, 0.25) is 0 Å². The number of hydrogen-bond donors (Lipinski definition) is 1. The van der Waals surface area contributed by atoms with Crippen LogP contribution < -0.4 is 5.32 Å². The number of carbonyl (C=O) groups is 2. The van der Waals surface area contributed by atoms with Crippen LogP contribution in [0.15, 0.2) is 0 Å². The summed E-state index contributed by atoms with van der Waals surface area (Å²) in [6, 6.07) is 2.00. The van der Waals surface area contributed by atoms with Crippen LogP contribution in [-0.4, -0.2) is 35.8 Å². The normalized spacial score (nSPS) is 14.4. The van der Waals surface area contributed by atoms with Gasteiger partial charge in [-0.15, -0.1) is 0 Å². The zero-order chi connectivity index (χ0) is 12.1. The largest absolute Gasteiger partial charge is 0.335 e. The Morgan fingerprint density at radius 2 is 2.12 bits per heavy atom. The molecule has 0 aromatic rings. The predicted molar refractivity (Wildman–Crippen MR) is 58.2 cm³/mol. The third-order valence-corrected chi connectivity index (χ3v) is 2.33. The van der Waals surface area contributed by atoms with Gasteiger partial charge in [0, 0.05) is 12.6 Å². The van der Waals surface area contributed by atoms with Crippen LogP contribution in [0.1, 0.15) is 26.7 Å². The molecule has 2 amide bonds. The lowest BCUT2D eigenvalue weighted by atomic mass is 10.2. The van der Waals surface area contributed by atoms with Crippen LogP contribution >= 0.6 is 0 Å². The van der Waals surface area contributed by atoms with Gasteiger partial charge >= 0.3 is 11.8 Å². The second kappa shape index (κ2) is 5.50. The Morgan fingerprint density at radius 3 is 2.56 bits per heavy atom. The third kappa shape index (κ3) is 3.54. The van der Waals surface area contributed by atoms with Gasteiger partial charge in [0.05, 0.1) is 6.07 Å². The Morgan fingerprint density at radius 1 is 1.50 bits per heavy atom. The average Bonchev–Trinajstić information content (AvgIpc) is 3.05. The molecule has 0 saturated heterocycles. The van der Waals surface area contributed by atoms with Gasteiger partial charge < -0.3 is 10.2 Å². The Bertz CT molecular complexity index is 316. The Hall–Kier alpha value is -1.57. The van der Waals surface area contributed by atoms with Crippen molar-refractivity contribution in [2.75, 3.05) is 13.1 Å². The van der Waals surface area contributed by atoms with Crippen LogP contribution in [0, 0.1) is 17.2 Å². The van der Waals surface area contributed by atoms with Gasteiger partial charge in [-0.05, 0) is 18.8 Å². The maximum atomic E-state index is 11.8. The molecule has 0 aromatic carbocycles. The van der Waals surface area contributed by atoms with Gasteiger partial charge in [0.15, 0.2) is 0 Å². The summed E-state index contributed by atoms with van der Waals surface area (Å²) in [7, 11) is 0. The van der Waals surface area contributed by atoms with Crippen molar-refractivity contribution in [1.29, 1.82) is 5.26 Å². The molecular weight excluding hydrogens is 206 g/mol. The molecule has 0 aliphatic heterocycles. The highest BCUT2D eigenvalue weighted by Crippen LogP contribution is 2.27. The average molecular weight is 223 g/mol. The molecule has 1 rings (SSSR count). The summed E-state index contributed by atoms with van der Waals surface area (Å²) in [6.07, 6.45) is 1.95. The molecule has 1 aliphatic rings. The summed E-state index contributed by atoms with van der Waals surface area (Å²) in [4.78, 5) is 24.8. The van der Waals surface area contributed by atoms with E-state index in [0.29, 0.717) is 12.5 Å². The molecule has 1 saturated carbocycles. The van der Waals surface area contributed by atoms with E-state index in [2.05, 4.69) is 5.32 Å². The van der Waals surface area contributed by atoms with E-state index in [4.69, 9.17) is 5.26 Å². The third-order valence-electron chi connectivity index (χ3n) is 2.33. The SMILES string of the molecule is CC(C)CN(C(=O)C(=O)NCC#N)C1CC1. The van der Waals surface area contributed by atoms with Crippen LogP contribution in [-0.2, 0) is 9.59 Å². The molecule has 0 heterocycles. The van der Waals surface area contributed by atoms with Gasteiger partial charge in [-0.25, -0.2) is 0 Å². The topological polar surface area (TPSA) is 73.2 Å². The minimum atomic E-state index is -0.672. The highest BCUT2D eigenvalue weighted by atomic mass is 16.2. The molecule has 5 nitrogen and oxygen atoms in total. The first-order valence-corrected chi connectivity index (χ1v) is 5.52. The monoisotopic (exact) mass is 223 g/mol. The van der Waals surface area contributed by atoms with Crippen molar-refractivity contribution < 1.29 is 9.59 Å². The van der Waals surface area contributed by atoms with Crippen LogP contribution in [0.2, 0.25) is 0 Å². The molecule has 0 unspecified atom stereocenters. The predicted octanol–water partition coefficient (Wildman–Crippen LogP) is 0.273. The van der Waals surface area contributed by atoms with Crippen LogP contribution in [0.3, 0.4) is 0 Å². The number of hydrogen-bond acceptors (Lipinski definition) is 3. The van der Waals surface area contributed by atoms with E-state index in [0.717, 1.165) is 12.8 Å². The summed E-state index contributed by atoms with van der Waals surface area (Å²) in [5.41, 5.74) is 0. The summed E-state index contributed by atoms with van der Waals surface area (Å²) >= 11 is 0. The summed E-state index contributed by atoms with van der Waals surface area (Å²) in [6.45, 7) is 4.50. The molecule has 0 aromatic heterocycles. The van der Waals surface area contributed by atoms with Crippen LogP contribution in [0.5, 0.6) is 0 Å². The number of amides is 2. The zero-order valence-corrected chi connectivity index (χ0v) is 9.69. The van der Waals surface area contributed by atoms with Gasteiger partial charge in [-0.1, -0.05) is 13.8 Å². The van der Waals surface area contributed by atoms with E-state index >= 15 is 0 Å². The van der Waals surface area contributed by atoms with Crippen molar-refractivity contribution in [3.8, 4) is 6.07 Å².